The van der Waals surface area contributed by atoms with Crippen molar-refractivity contribution in [1.29, 1.82) is 0 Å². The smallest absolute Gasteiger partial charge is 0.272 e. The molecule has 1 amide bonds. The Bertz CT molecular complexity index is 967. The standard InChI is InChI=1S/C19H19FN6O/c1-24-12-21-8-15(24)19(27)25(2)14-9-26(10-14)18-16(20)17(22-11-23-18)13-6-4-3-5-7-13/h3-8,11-12,14H,9-10H2,1-2H3. The van der Waals surface area contributed by atoms with E-state index in [-0.39, 0.29) is 23.5 Å². The number of rotatable bonds is 4. The van der Waals surface area contributed by atoms with Crippen molar-refractivity contribution in [3.8, 4) is 11.3 Å². The molecule has 1 aromatic carbocycles. The van der Waals surface area contributed by atoms with Crippen molar-refractivity contribution in [3.63, 3.8) is 0 Å². The van der Waals surface area contributed by atoms with Gasteiger partial charge in [-0.1, -0.05) is 30.3 Å². The van der Waals surface area contributed by atoms with Crippen LogP contribution in [0, 0.1) is 5.82 Å². The van der Waals surface area contributed by atoms with E-state index in [0.29, 0.717) is 24.3 Å². The highest BCUT2D eigenvalue weighted by molar-refractivity contribution is 5.92. The molecule has 3 aromatic rings. The van der Waals surface area contributed by atoms with Crippen LogP contribution in [0.1, 0.15) is 10.5 Å². The van der Waals surface area contributed by atoms with Crippen LogP contribution in [-0.2, 0) is 7.05 Å². The zero-order chi connectivity index (χ0) is 19.0. The summed E-state index contributed by atoms with van der Waals surface area (Å²) in [7, 11) is 3.53. The Labute approximate surface area is 156 Å². The SMILES string of the molecule is CN(C(=O)c1cncn1C)C1CN(c2ncnc(-c3ccccc3)c2F)C1. The first-order valence-corrected chi connectivity index (χ1v) is 8.60. The van der Waals surface area contributed by atoms with E-state index < -0.39 is 5.82 Å². The maximum atomic E-state index is 14.9. The Kier molecular flexibility index (Phi) is 4.31. The minimum atomic E-state index is -0.442. The van der Waals surface area contributed by atoms with E-state index in [1.165, 1.54) is 6.33 Å². The third-order valence-electron chi connectivity index (χ3n) is 4.88. The zero-order valence-corrected chi connectivity index (χ0v) is 15.1. The third-order valence-corrected chi connectivity index (χ3v) is 4.88. The summed E-state index contributed by atoms with van der Waals surface area (Å²) >= 11 is 0. The number of hydrogen-bond acceptors (Lipinski definition) is 5. The van der Waals surface area contributed by atoms with E-state index >= 15 is 0 Å². The summed E-state index contributed by atoms with van der Waals surface area (Å²) in [5.74, 6) is -0.281. The van der Waals surface area contributed by atoms with Crippen LogP contribution in [0.15, 0.2) is 49.2 Å². The summed E-state index contributed by atoms with van der Waals surface area (Å²) in [5, 5.41) is 0. The molecule has 1 aliphatic rings. The molecule has 8 heteroatoms. The van der Waals surface area contributed by atoms with Crippen molar-refractivity contribution in [3.05, 3.63) is 60.7 Å². The molecular weight excluding hydrogens is 347 g/mol. The molecule has 0 spiro atoms. The molecule has 2 aromatic heterocycles. The van der Waals surface area contributed by atoms with Gasteiger partial charge < -0.3 is 14.4 Å². The maximum Gasteiger partial charge on any atom is 0.272 e. The molecule has 138 valence electrons. The van der Waals surface area contributed by atoms with E-state index in [4.69, 9.17) is 0 Å². The van der Waals surface area contributed by atoms with Crippen molar-refractivity contribution in [1.82, 2.24) is 24.4 Å². The fourth-order valence-corrected chi connectivity index (χ4v) is 3.16. The number of hydrogen-bond donors (Lipinski definition) is 0. The number of carbonyl (C=O) groups is 1. The highest BCUT2D eigenvalue weighted by Crippen LogP contribution is 2.29. The molecule has 27 heavy (non-hydrogen) atoms. The Morgan fingerprint density at radius 3 is 2.63 bits per heavy atom. The van der Waals surface area contributed by atoms with Gasteiger partial charge in [-0.3, -0.25) is 4.79 Å². The van der Waals surface area contributed by atoms with Gasteiger partial charge in [-0.15, -0.1) is 0 Å². The Hall–Kier alpha value is -3.29. The first-order valence-electron chi connectivity index (χ1n) is 8.60. The van der Waals surface area contributed by atoms with Gasteiger partial charge in [-0.2, -0.15) is 0 Å². The predicted octanol–water partition coefficient (Wildman–Crippen LogP) is 1.98. The van der Waals surface area contributed by atoms with E-state index in [1.807, 2.05) is 35.2 Å². The molecule has 3 heterocycles. The molecule has 0 bridgehead atoms. The predicted molar refractivity (Wildman–Crippen MR) is 98.7 cm³/mol. The number of anilines is 1. The lowest BCUT2D eigenvalue weighted by atomic mass is 10.1. The van der Waals surface area contributed by atoms with Gasteiger partial charge in [-0.25, -0.2) is 19.3 Å². The topological polar surface area (TPSA) is 67.2 Å². The second-order valence-corrected chi connectivity index (χ2v) is 6.59. The average Bonchev–Trinajstić information content (AvgIpc) is 3.07. The quantitative estimate of drug-likeness (QED) is 0.706. The summed E-state index contributed by atoms with van der Waals surface area (Å²) in [4.78, 5) is 28.2. The van der Waals surface area contributed by atoms with Gasteiger partial charge in [0.05, 0.1) is 18.6 Å². The summed E-state index contributed by atoms with van der Waals surface area (Å²) in [6.07, 6.45) is 4.51. The Balaban J connectivity index is 1.48. The van der Waals surface area contributed by atoms with Crippen molar-refractivity contribution >= 4 is 11.7 Å². The average molecular weight is 366 g/mol. The second-order valence-electron chi connectivity index (χ2n) is 6.59. The van der Waals surface area contributed by atoms with E-state index in [1.54, 1.807) is 36.1 Å². The van der Waals surface area contributed by atoms with Crippen molar-refractivity contribution < 1.29 is 9.18 Å². The van der Waals surface area contributed by atoms with Crippen LogP contribution in [0.3, 0.4) is 0 Å². The van der Waals surface area contributed by atoms with E-state index in [0.717, 1.165) is 0 Å². The summed E-state index contributed by atoms with van der Waals surface area (Å²) in [6, 6.07) is 9.17. The number of likely N-dealkylation sites (N-methyl/N-ethyl adjacent to an activating group) is 1. The van der Waals surface area contributed by atoms with Crippen LogP contribution in [-0.4, -0.2) is 56.5 Å². The second kappa shape index (κ2) is 6.79. The van der Waals surface area contributed by atoms with Crippen LogP contribution in [0.2, 0.25) is 0 Å². The van der Waals surface area contributed by atoms with Crippen molar-refractivity contribution in [2.75, 3.05) is 25.0 Å². The van der Waals surface area contributed by atoms with Gasteiger partial charge in [-0.05, 0) is 0 Å². The summed E-state index contributed by atoms with van der Waals surface area (Å²) in [5.41, 5.74) is 1.51. The molecule has 1 fully saturated rings. The van der Waals surface area contributed by atoms with Gasteiger partial charge >= 0.3 is 0 Å². The minimum absolute atomic E-state index is 0.0121. The number of benzene rings is 1. The van der Waals surface area contributed by atoms with E-state index in [2.05, 4.69) is 15.0 Å². The first-order chi connectivity index (χ1) is 13.1. The number of aryl methyl sites for hydroxylation is 1. The molecule has 7 nitrogen and oxygen atoms in total. The summed E-state index contributed by atoms with van der Waals surface area (Å²) < 4.78 is 16.6. The molecule has 0 aliphatic carbocycles. The molecule has 0 atom stereocenters. The van der Waals surface area contributed by atoms with Crippen LogP contribution in [0.25, 0.3) is 11.3 Å². The molecule has 0 radical (unpaired) electrons. The van der Waals surface area contributed by atoms with E-state index in [9.17, 15) is 9.18 Å². The Morgan fingerprint density at radius 1 is 1.22 bits per heavy atom. The largest absolute Gasteiger partial charge is 0.350 e. The lowest BCUT2D eigenvalue weighted by Crippen LogP contribution is -2.60. The molecule has 0 N–H and O–H groups in total. The van der Waals surface area contributed by atoms with Gasteiger partial charge in [0.15, 0.2) is 11.6 Å². The monoisotopic (exact) mass is 366 g/mol. The Morgan fingerprint density at radius 2 is 1.96 bits per heavy atom. The maximum absolute atomic E-state index is 14.9. The number of halogens is 1. The summed E-state index contributed by atoms with van der Waals surface area (Å²) in [6.45, 7) is 1.03. The number of nitrogens with zero attached hydrogens (tertiary/aromatic N) is 6. The molecule has 1 saturated heterocycles. The molecule has 4 rings (SSSR count). The van der Waals surface area contributed by atoms with Crippen molar-refractivity contribution in [2.24, 2.45) is 7.05 Å². The van der Waals surface area contributed by atoms with Gasteiger partial charge in [0.1, 0.15) is 17.7 Å². The lowest BCUT2D eigenvalue weighted by molar-refractivity contribution is 0.0695. The highest BCUT2D eigenvalue weighted by Gasteiger charge is 2.36. The number of aromatic nitrogens is 4. The lowest BCUT2D eigenvalue weighted by Gasteiger charge is -2.44. The normalized spacial score (nSPS) is 14.1. The third kappa shape index (κ3) is 3.03. The fourth-order valence-electron chi connectivity index (χ4n) is 3.16. The first kappa shape index (κ1) is 17.1. The van der Waals surface area contributed by atoms with Crippen LogP contribution in [0.5, 0.6) is 0 Å². The number of imidazole rings is 1. The zero-order valence-electron chi connectivity index (χ0n) is 15.1. The molecule has 1 aliphatic heterocycles. The molecular formula is C19H19FN6O. The van der Waals surface area contributed by atoms with Crippen LogP contribution < -0.4 is 4.90 Å². The van der Waals surface area contributed by atoms with Crippen LogP contribution >= 0.6 is 0 Å². The minimum Gasteiger partial charge on any atom is -0.350 e. The number of amides is 1. The highest BCUT2D eigenvalue weighted by atomic mass is 19.1. The van der Waals surface area contributed by atoms with Crippen molar-refractivity contribution in [2.45, 2.75) is 6.04 Å². The number of carbonyl (C=O) groups excluding carboxylic acids is 1. The van der Waals surface area contributed by atoms with Crippen LogP contribution in [0.4, 0.5) is 10.2 Å². The fraction of sp³-hybridized carbons (Fsp3) is 0.263. The van der Waals surface area contributed by atoms with Gasteiger partial charge in [0.2, 0.25) is 0 Å². The van der Waals surface area contributed by atoms with Gasteiger partial charge in [0.25, 0.3) is 5.91 Å². The molecule has 0 saturated carbocycles. The molecule has 0 unspecified atom stereocenters. The van der Waals surface area contributed by atoms with Gasteiger partial charge in [0, 0.05) is 32.7 Å².